The third kappa shape index (κ3) is 3.23. The van der Waals surface area contributed by atoms with E-state index in [-0.39, 0.29) is 0 Å². The zero-order valence-electron chi connectivity index (χ0n) is 11.6. The molecule has 0 atom stereocenters. The molecule has 96 valence electrons. The highest BCUT2D eigenvalue weighted by molar-refractivity contribution is 5.44. The maximum absolute atomic E-state index is 2.20. The van der Waals surface area contributed by atoms with Gasteiger partial charge in [-0.2, -0.15) is 0 Å². The molecule has 0 aromatic heterocycles. The lowest BCUT2D eigenvalue weighted by atomic mass is 9.84. The molecule has 0 saturated carbocycles. The van der Waals surface area contributed by atoms with Crippen LogP contribution in [0.15, 0.2) is 84.5 Å². The highest BCUT2D eigenvalue weighted by Gasteiger charge is 2.16. The van der Waals surface area contributed by atoms with Gasteiger partial charge in [0.25, 0.3) is 0 Å². The van der Waals surface area contributed by atoms with Gasteiger partial charge in [-0.15, -0.1) is 0 Å². The molecule has 0 heterocycles. The van der Waals surface area contributed by atoms with E-state index in [1.165, 1.54) is 16.7 Å². The van der Waals surface area contributed by atoms with Crippen LogP contribution in [0.2, 0.25) is 0 Å². The Morgan fingerprint density at radius 1 is 0.789 bits per heavy atom. The molecule has 0 amide bonds. The lowest BCUT2D eigenvalue weighted by Gasteiger charge is -2.19. The average Bonchev–Trinajstić information content (AvgIpc) is 2.49. The van der Waals surface area contributed by atoms with Gasteiger partial charge in [0.05, 0.1) is 0 Å². The van der Waals surface area contributed by atoms with Gasteiger partial charge in [-0.25, -0.2) is 0 Å². The second-order valence-corrected chi connectivity index (χ2v) is 4.54. The van der Waals surface area contributed by atoms with Gasteiger partial charge in [0.2, 0.25) is 0 Å². The maximum atomic E-state index is 2.20. The van der Waals surface area contributed by atoms with Crippen LogP contribution in [0.25, 0.3) is 0 Å². The Bertz CT molecular complexity index is 508. The number of hydrogen-bond acceptors (Lipinski definition) is 0. The lowest BCUT2D eigenvalue weighted by Crippen LogP contribution is -2.03. The summed E-state index contributed by atoms with van der Waals surface area (Å²) in [6, 6.07) is 21.3. The summed E-state index contributed by atoms with van der Waals surface area (Å²) in [5, 5.41) is 0. The zero-order valence-corrected chi connectivity index (χ0v) is 11.6. The largest absolute Gasteiger partial charge is 0.0874 e. The van der Waals surface area contributed by atoms with Gasteiger partial charge < -0.3 is 0 Å². The Hall–Kier alpha value is -2.08. The first-order valence-corrected chi connectivity index (χ1v) is 6.75. The molecule has 0 fully saturated rings. The summed E-state index contributed by atoms with van der Waals surface area (Å²) in [6.07, 6.45) is 6.50. The predicted molar refractivity (Wildman–Crippen MR) is 83.3 cm³/mol. The minimum atomic E-state index is 0.309. The molecule has 0 bridgehead atoms. The predicted octanol–water partition coefficient (Wildman–Crippen LogP) is 5.34. The Morgan fingerprint density at radius 2 is 1.26 bits per heavy atom. The van der Waals surface area contributed by atoms with Crippen LogP contribution in [0.5, 0.6) is 0 Å². The van der Waals surface area contributed by atoms with E-state index in [1.807, 2.05) is 0 Å². The Balaban J connectivity index is 2.51. The van der Waals surface area contributed by atoms with Crippen LogP contribution in [0.1, 0.15) is 30.9 Å². The van der Waals surface area contributed by atoms with E-state index in [9.17, 15) is 0 Å². The molecule has 0 aliphatic carbocycles. The second kappa shape index (κ2) is 6.75. The van der Waals surface area contributed by atoms with Gasteiger partial charge >= 0.3 is 0 Å². The van der Waals surface area contributed by atoms with Crippen molar-refractivity contribution in [3.8, 4) is 0 Å². The topological polar surface area (TPSA) is 0 Å². The smallest absolute Gasteiger partial charge is 0.0336 e. The van der Waals surface area contributed by atoms with Gasteiger partial charge in [0.15, 0.2) is 0 Å². The minimum Gasteiger partial charge on any atom is -0.0874 e. The quantitative estimate of drug-likeness (QED) is 0.640. The maximum Gasteiger partial charge on any atom is 0.0336 e. The Labute approximate surface area is 116 Å². The standard InChI is InChI=1S/C19H20/c1-3-11-16(4-2)19(17-12-7-5-8-13-17)18-14-9-6-10-15-18/h3-15,19H,1-2H3/b11-3-,16-4+. The molecule has 0 N–H and O–H groups in total. The van der Waals surface area contributed by atoms with Crippen LogP contribution in [-0.2, 0) is 0 Å². The van der Waals surface area contributed by atoms with E-state index >= 15 is 0 Å². The monoisotopic (exact) mass is 248 g/mol. The third-order valence-electron chi connectivity index (χ3n) is 3.29. The van der Waals surface area contributed by atoms with Crippen LogP contribution in [0, 0.1) is 0 Å². The number of hydrogen-bond donors (Lipinski definition) is 0. The third-order valence-corrected chi connectivity index (χ3v) is 3.29. The summed E-state index contributed by atoms with van der Waals surface area (Å²) in [7, 11) is 0. The van der Waals surface area contributed by atoms with E-state index in [2.05, 4.69) is 92.7 Å². The normalized spacial score (nSPS) is 12.3. The fourth-order valence-corrected chi connectivity index (χ4v) is 2.42. The van der Waals surface area contributed by atoms with Crippen molar-refractivity contribution in [2.24, 2.45) is 0 Å². The van der Waals surface area contributed by atoms with Crippen LogP contribution in [0.4, 0.5) is 0 Å². The van der Waals surface area contributed by atoms with E-state index in [4.69, 9.17) is 0 Å². The van der Waals surface area contributed by atoms with Crippen LogP contribution >= 0.6 is 0 Å². The summed E-state index contributed by atoms with van der Waals surface area (Å²) in [5.74, 6) is 0.309. The molecule has 0 aliphatic rings. The van der Waals surface area contributed by atoms with Crippen molar-refractivity contribution >= 4 is 0 Å². The van der Waals surface area contributed by atoms with Gasteiger partial charge in [-0.05, 0) is 30.5 Å². The zero-order chi connectivity index (χ0) is 13.5. The van der Waals surface area contributed by atoms with Crippen molar-refractivity contribution in [2.45, 2.75) is 19.8 Å². The molecule has 0 unspecified atom stereocenters. The van der Waals surface area contributed by atoms with Crippen molar-refractivity contribution in [1.29, 1.82) is 0 Å². The number of rotatable bonds is 4. The van der Waals surface area contributed by atoms with Crippen molar-refractivity contribution in [1.82, 2.24) is 0 Å². The molecule has 0 aliphatic heterocycles. The first-order chi connectivity index (χ1) is 9.36. The Morgan fingerprint density at radius 3 is 1.63 bits per heavy atom. The molecule has 2 aromatic carbocycles. The lowest BCUT2D eigenvalue weighted by molar-refractivity contribution is 0.973. The van der Waals surface area contributed by atoms with Gasteiger partial charge in [-0.1, -0.05) is 78.9 Å². The van der Waals surface area contributed by atoms with Crippen molar-refractivity contribution < 1.29 is 0 Å². The first kappa shape index (κ1) is 13.4. The molecular formula is C19H20. The van der Waals surface area contributed by atoms with Crippen molar-refractivity contribution in [2.75, 3.05) is 0 Å². The highest BCUT2D eigenvalue weighted by atomic mass is 14.2. The summed E-state index contributed by atoms with van der Waals surface area (Å²) >= 11 is 0. The molecule has 19 heavy (non-hydrogen) atoms. The second-order valence-electron chi connectivity index (χ2n) is 4.54. The van der Waals surface area contributed by atoms with Crippen LogP contribution in [0.3, 0.4) is 0 Å². The summed E-state index contributed by atoms with van der Waals surface area (Å²) < 4.78 is 0. The summed E-state index contributed by atoms with van der Waals surface area (Å²) in [4.78, 5) is 0. The summed E-state index contributed by atoms with van der Waals surface area (Å²) in [6.45, 7) is 4.17. The average molecular weight is 248 g/mol. The molecule has 0 spiro atoms. The minimum absolute atomic E-state index is 0.309. The molecule has 0 nitrogen and oxygen atoms in total. The molecule has 2 rings (SSSR count). The fourth-order valence-electron chi connectivity index (χ4n) is 2.42. The molecule has 0 radical (unpaired) electrons. The van der Waals surface area contributed by atoms with Crippen LogP contribution < -0.4 is 0 Å². The molecule has 0 saturated heterocycles. The van der Waals surface area contributed by atoms with E-state index in [0.717, 1.165) is 0 Å². The Kier molecular flexibility index (Phi) is 4.74. The van der Waals surface area contributed by atoms with Gasteiger partial charge in [-0.3, -0.25) is 0 Å². The van der Waals surface area contributed by atoms with Gasteiger partial charge in [0.1, 0.15) is 0 Å². The van der Waals surface area contributed by atoms with Crippen molar-refractivity contribution in [3.63, 3.8) is 0 Å². The number of allylic oxidation sites excluding steroid dienone is 4. The first-order valence-electron chi connectivity index (χ1n) is 6.75. The van der Waals surface area contributed by atoms with E-state index in [0.29, 0.717) is 5.92 Å². The summed E-state index contributed by atoms with van der Waals surface area (Å²) in [5.41, 5.74) is 4.00. The highest BCUT2D eigenvalue weighted by Crippen LogP contribution is 2.32. The molecular weight excluding hydrogens is 228 g/mol. The van der Waals surface area contributed by atoms with Crippen molar-refractivity contribution in [3.05, 3.63) is 95.6 Å². The fraction of sp³-hybridized carbons (Fsp3) is 0.158. The van der Waals surface area contributed by atoms with E-state index in [1.54, 1.807) is 0 Å². The van der Waals surface area contributed by atoms with E-state index < -0.39 is 0 Å². The molecule has 0 heteroatoms. The SMILES string of the molecule is C/C=C\C(=C/C)C(c1ccccc1)c1ccccc1. The van der Waals surface area contributed by atoms with Crippen LogP contribution in [-0.4, -0.2) is 0 Å². The molecule has 2 aromatic rings. The van der Waals surface area contributed by atoms with Gasteiger partial charge in [0, 0.05) is 5.92 Å². The number of benzene rings is 2.